The zero-order valence-corrected chi connectivity index (χ0v) is 20.4. The van der Waals surface area contributed by atoms with Gasteiger partial charge in [0.15, 0.2) is 0 Å². The molecule has 0 aliphatic rings. The Balaban J connectivity index is 1.36. The maximum atomic E-state index is 12.6. The molecule has 6 aromatic rings. The van der Waals surface area contributed by atoms with E-state index in [2.05, 4.69) is 58.8 Å². The van der Waals surface area contributed by atoms with Crippen molar-refractivity contribution in [3.8, 4) is 17.0 Å². The summed E-state index contributed by atoms with van der Waals surface area (Å²) in [6.45, 7) is 0.318. The molecule has 2 aromatic heterocycles. The topological polar surface area (TPSA) is 67.0 Å². The van der Waals surface area contributed by atoms with Crippen LogP contribution in [0.2, 0.25) is 0 Å². The number of nitrogens with zero attached hydrogens (tertiary/aromatic N) is 1. The number of nitrogens with one attached hydrogen (secondary N) is 2. The van der Waals surface area contributed by atoms with Crippen LogP contribution >= 0.6 is 0 Å². The zero-order valence-electron chi connectivity index (χ0n) is 20.4. The minimum absolute atomic E-state index is 0.177. The Morgan fingerprint density at radius 3 is 2.49 bits per heavy atom. The Hall–Kier alpha value is -4.90. The van der Waals surface area contributed by atoms with Gasteiger partial charge in [-0.05, 0) is 46.7 Å². The number of H-pyrrole nitrogens is 1. The van der Waals surface area contributed by atoms with Gasteiger partial charge in [-0.25, -0.2) is 4.98 Å². The fourth-order valence-corrected chi connectivity index (χ4v) is 4.74. The first-order valence-electron chi connectivity index (χ1n) is 12.2. The number of methoxy groups -OCH3 is 1. The number of hydrogen-bond acceptors (Lipinski definition) is 3. The van der Waals surface area contributed by atoms with Gasteiger partial charge < -0.3 is 15.0 Å². The first-order chi connectivity index (χ1) is 18.2. The lowest BCUT2D eigenvalue weighted by atomic mass is 10.00. The molecule has 2 N–H and O–H groups in total. The predicted octanol–water partition coefficient (Wildman–Crippen LogP) is 6.87. The first-order valence-corrected chi connectivity index (χ1v) is 12.2. The second-order valence-corrected chi connectivity index (χ2v) is 8.91. The lowest BCUT2D eigenvalue weighted by Crippen LogP contribution is -2.21. The van der Waals surface area contributed by atoms with Gasteiger partial charge >= 0.3 is 0 Å². The molecule has 37 heavy (non-hydrogen) atoms. The lowest BCUT2D eigenvalue weighted by molar-refractivity contribution is -0.116. The maximum absolute atomic E-state index is 12.6. The molecule has 0 saturated carbocycles. The minimum atomic E-state index is -0.177. The van der Waals surface area contributed by atoms with E-state index in [9.17, 15) is 4.79 Å². The van der Waals surface area contributed by atoms with Crippen molar-refractivity contribution in [2.24, 2.45) is 0 Å². The minimum Gasteiger partial charge on any atom is -0.497 e. The largest absolute Gasteiger partial charge is 0.497 e. The van der Waals surface area contributed by atoms with Crippen molar-refractivity contribution in [1.82, 2.24) is 15.3 Å². The third-order valence-corrected chi connectivity index (χ3v) is 6.58. The number of benzene rings is 4. The number of ether oxygens (including phenoxy) is 1. The molecular formula is C32H25N3O2. The van der Waals surface area contributed by atoms with Gasteiger partial charge in [-0.1, -0.05) is 72.8 Å². The fraction of sp³-hybridized carbons (Fsp3) is 0.0625. The van der Waals surface area contributed by atoms with Gasteiger partial charge in [-0.15, -0.1) is 0 Å². The highest BCUT2D eigenvalue weighted by Crippen LogP contribution is 2.35. The van der Waals surface area contributed by atoms with Crippen LogP contribution in [-0.4, -0.2) is 23.0 Å². The van der Waals surface area contributed by atoms with E-state index < -0.39 is 0 Å². The summed E-state index contributed by atoms with van der Waals surface area (Å²) in [7, 11) is 1.63. The summed E-state index contributed by atoms with van der Waals surface area (Å²) in [6.07, 6.45) is 3.32. The number of pyridine rings is 1. The molecule has 6 rings (SSSR count). The summed E-state index contributed by atoms with van der Waals surface area (Å²) in [5, 5.41) is 7.51. The third kappa shape index (κ3) is 4.43. The summed E-state index contributed by atoms with van der Waals surface area (Å²) in [6, 6.07) is 32.5. The van der Waals surface area contributed by atoms with Crippen LogP contribution in [0.4, 0.5) is 0 Å². The van der Waals surface area contributed by atoms with E-state index in [1.807, 2.05) is 48.5 Å². The van der Waals surface area contributed by atoms with Gasteiger partial charge in [0.05, 0.1) is 30.6 Å². The molecule has 1 amide bonds. The second kappa shape index (κ2) is 9.63. The second-order valence-electron chi connectivity index (χ2n) is 8.91. The summed E-state index contributed by atoms with van der Waals surface area (Å²) in [5.41, 5.74) is 5.71. The highest BCUT2D eigenvalue weighted by molar-refractivity contribution is 6.13. The van der Waals surface area contributed by atoms with E-state index in [4.69, 9.17) is 9.72 Å². The summed E-state index contributed by atoms with van der Waals surface area (Å²) in [4.78, 5) is 21.2. The molecule has 0 bridgehead atoms. The SMILES string of the molecule is COc1ccc(/C=C/C(=O)NCc2cc3c([nH]c4ccccc43)c(-c3cccc4ccccc34)n2)cc1. The van der Waals surface area contributed by atoms with Crippen LogP contribution in [0.1, 0.15) is 11.3 Å². The van der Waals surface area contributed by atoms with Gasteiger partial charge in [-0.2, -0.15) is 0 Å². The van der Waals surface area contributed by atoms with Crippen LogP contribution in [0.5, 0.6) is 5.75 Å². The van der Waals surface area contributed by atoms with Crippen molar-refractivity contribution < 1.29 is 9.53 Å². The molecule has 0 radical (unpaired) electrons. The molecule has 0 fully saturated rings. The van der Waals surface area contributed by atoms with Crippen molar-refractivity contribution in [3.63, 3.8) is 0 Å². The van der Waals surface area contributed by atoms with Crippen LogP contribution < -0.4 is 10.1 Å². The molecule has 0 unspecified atom stereocenters. The number of para-hydroxylation sites is 1. The summed E-state index contributed by atoms with van der Waals surface area (Å²) in [5.74, 6) is 0.603. The molecule has 0 spiro atoms. The van der Waals surface area contributed by atoms with Gasteiger partial charge in [-0.3, -0.25) is 4.79 Å². The van der Waals surface area contributed by atoms with Crippen LogP contribution in [0.3, 0.4) is 0 Å². The molecule has 0 aliphatic heterocycles. The smallest absolute Gasteiger partial charge is 0.244 e. The monoisotopic (exact) mass is 483 g/mol. The number of amides is 1. The number of aromatic nitrogens is 2. The molecule has 180 valence electrons. The lowest BCUT2D eigenvalue weighted by Gasteiger charge is -2.11. The zero-order chi connectivity index (χ0) is 25.2. The summed E-state index contributed by atoms with van der Waals surface area (Å²) < 4.78 is 5.19. The third-order valence-electron chi connectivity index (χ3n) is 6.58. The number of hydrogen-bond donors (Lipinski definition) is 2. The first kappa shape index (κ1) is 22.6. The fourth-order valence-electron chi connectivity index (χ4n) is 4.74. The standard InChI is InChI=1S/C32H25N3O2/c1-37-24-16-13-21(14-17-24)15-18-30(36)33-20-23-19-28-26-10-4-5-12-29(26)35-32(28)31(34-23)27-11-6-8-22-7-2-3-9-25(22)27/h2-19,35H,20H2,1H3,(H,33,36)/b18-15+. The van der Waals surface area contributed by atoms with E-state index >= 15 is 0 Å². The van der Waals surface area contributed by atoms with Crippen LogP contribution in [-0.2, 0) is 11.3 Å². The van der Waals surface area contributed by atoms with E-state index in [1.165, 1.54) is 6.08 Å². The van der Waals surface area contributed by atoms with E-state index in [0.29, 0.717) is 6.54 Å². The van der Waals surface area contributed by atoms with E-state index in [0.717, 1.165) is 60.8 Å². The van der Waals surface area contributed by atoms with Crippen molar-refractivity contribution in [2.75, 3.05) is 7.11 Å². The number of carbonyl (C=O) groups excluding carboxylic acids is 1. The van der Waals surface area contributed by atoms with Gasteiger partial charge in [0.1, 0.15) is 5.75 Å². The molecule has 4 aromatic carbocycles. The Labute approximate surface area is 214 Å². The van der Waals surface area contributed by atoms with Crippen LogP contribution in [0, 0.1) is 0 Å². The average molecular weight is 484 g/mol. The quantitative estimate of drug-likeness (QED) is 0.254. The Kier molecular flexibility index (Phi) is 5.87. The number of carbonyl (C=O) groups is 1. The van der Waals surface area contributed by atoms with E-state index in [-0.39, 0.29) is 5.91 Å². The van der Waals surface area contributed by atoms with Crippen LogP contribution in [0.15, 0.2) is 103 Å². The molecule has 5 heteroatoms. The van der Waals surface area contributed by atoms with Crippen molar-refractivity contribution >= 4 is 44.6 Å². The normalized spacial score (nSPS) is 11.5. The average Bonchev–Trinajstić information content (AvgIpc) is 3.33. The summed E-state index contributed by atoms with van der Waals surface area (Å²) >= 11 is 0. The van der Waals surface area contributed by atoms with Crippen molar-refractivity contribution in [3.05, 3.63) is 114 Å². The number of rotatable bonds is 6. The number of fused-ring (bicyclic) bond motifs is 4. The van der Waals surface area contributed by atoms with Gasteiger partial charge in [0.2, 0.25) is 5.91 Å². The van der Waals surface area contributed by atoms with Gasteiger partial charge in [0, 0.05) is 27.9 Å². The molecule has 2 heterocycles. The molecule has 0 aliphatic carbocycles. The molecule has 0 atom stereocenters. The van der Waals surface area contributed by atoms with Gasteiger partial charge in [0.25, 0.3) is 0 Å². The highest BCUT2D eigenvalue weighted by atomic mass is 16.5. The predicted molar refractivity (Wildman–Crippen MR) is 150 cm³/mol. The Morgan fingerprint density at radius 2 is 1.65 bits per heavy atom. The maximum Gasteiger partial charge on any atom is 0.244 e. The molecule has 0 saturated heterocycles. The highest BCUT2D eigenvalue weighted by Gasteiger charge is 2.15. The molecule has 5 nitrogen and oxygen atoms in total. The number of aromatic amines is 1. The van der Waals surface area contributed by atoms with Crippen molar-refractivity contribution in [1.29, 1.82) is 0 Å². The van der Waals surface area contributed by atoms with E-state index in [1.54, 1.807) is 13.2 Å². The van der Waals surface area contributed by atoms with Crippen molar-refractivity contribution in [2.45, 2.75) is 6.54 Å². The molecular weight excluding hydrogens is 458 g/mol. The van der Waals surface area contributed by atoms with Crippen LogP contribution in [0.25, 0.3) is 49.9 Å². The Bertz CT molecular complexity index is 1780. The Morgan fingerprint density at radius 1 is 0.892 bits per heavy atom.